The number of imidazole rings is 1. The topological polar surface area (TPSA) is 72.4 Å². The highest BCUT2D eigenvalue weighted by molar-refractivity contribution is 5.95. The first kappa shape index (κ1) is 14.0. The summed E-state index contributed by atoms with van der Waals surface area (Å²) in [5.74, 6) is 0.513. The molecule has 0 saturated heterocycles. The largest absolute Gasteiger partial charge is 0.462 e. The van der Waals surface area contributed by atoms with Crippen LogP contribution in [0.5, 0.6) is 0 Å². The third kappa shape index (κ3) is 2.72. The number of fused-ring (bicyclic) bond motifs is 1. The Morgan fingerprint density at radius 1 is 1.30 bits per heavy atom. The average molecular weight is 310 g/mol. The van der Waals surface area contributed by atoms with Gasteiger partial charge in [0.1, 0.15) is 12.0 Å². The number of hydrogen-bond acceptors (Lipinski definition) is 4. The van der Waals surface area contributed by atoms with E-state index in [9.17, 15) is 4.79 Å². The Balaban J connectivity index is 1.55. The third-order valence-corrected chi connectivity index (χ3v) is 4.33. The molecule has 6 heteroatoms. The van der Waals surface area contributed by atoms with Crippen LogP contribution in [0.15, 0.2) is 41.3 Å². The van der Waals surface area contributed by atoms with Crippen LogP contribution in [-0.4, -0.2) is 26.5 Å². The number of nitrogens with one attached hydrogen (secondary N) is 1. The molecule has 3 heterocycles. The highest BCUT2D eigenvalue weighted by atomic mass is 16.3. The monoisotopic (exact) mass is 310 g/mol. The summed E-state index contributed by atoms with van der Waals surface area (Å²) < 4.78 is 7.26. The van der Waals surface area contributed by atoms with Crippen molar-refractivity contribution >= 4 is 11.6 Å². The molecule has 118 valence electrons. The molecule has 0 radical (unpaired) electrons. The minimum Gasteiger partial charge on any atom is -0.462 e. The number of rotatable bonds is 3. The number of furan rings is 1. The molecular weight excluding hydrogens is 292 g/mol. The molecule has 4 rings (SSSR count). The maximum atomic E-state index is 12.4. The van der Waals surface area contributed by atoms with Crippen LogP contribution in [0.25, 0.3) is 17.1 Å². The van der Waals surface area contributed by atoms with Crippen molar-refractivity contribution in [3.63, 3.8) is 0 Å². The SMILES string of the molecule is O=C(NC1CCCCC1)c1coc(-c2cnc3cccnn23)c1. The lowest BCUT2D eigenvalue weighted by Gasteiger charge is -2.22. The third-order valence-electron chi connectivity index (χ3n) is 4.33. The van der Waals surface area contributed by atoms with Crippen LogP contribution in [0.2, 0.25) is 0 Å². The summed E-state index contributed by atoms with van der Waals surface area (Å²) in [4.78, 5) is 16.6. The van der Waals surface area contributed by atoms with Gasteiger partial charge in [0.25, 0.3) is 5.91 Å². The fraction of sp³-hybridized carbons (Fsp3) is 0.353. The van der Waals surface area contributed by atoms with E-state index >= 15 is 0 Å². The summed E-state index contributed by atoms with van der Waals surface area (Å²) in [5.41, 5.74) is 2.01. The zero-order valence-corrected chi connectivity index (χ0v) is 12.7. The molecule has 0 bridgehead atoms. The van der Waals surface area contributed by atoms with Gasteiger partial charge in [-0.3, -0.25) is 4.79 Å². The lowest BCUT2D eigenvalue weighted by atomic mass is 9.95. The highest BCUT2D eigenvalue weighted by Crippen LogP contribution is 2.23. The summed E-state index contributed by atoms with van der Waals surface area (Å²) in [5, 5.41) is 7.35. The van der Waals surface area contributed by atoms with E-state index in [0.29, 0.717) is 11.3 Å². The molecule has 3 aromatic rings. The Kier molecular flexibility index (Phi) is 3.57. The lowest BCUT2D eigenvalue weighted by Crippen LogP contribution is -2.35. The Bertz CT molecular complexity index is 830. The molecule has 0 aliphatic heterocycles. The fourth-order valence-corrected chi connectivity index (χ4v) is 3.10. The van der Waals surface area contributed by atoms with E-state index in [2.05, 4.69) is 15.4 Å². The van der Waals surface area contributed by atoms with Crippen LogP contribution in [0.3, 0.4) is 0 Å². The second kappa shape index (κ2) is 5.87. The maximum absolute atomic E-state index is 12.4. The molecule has 6 nitrogen and oxygen atoms in total. The number of amides is 1. The summed E-state index contributed by atoms with van der Waals surface area (Å²) >= 11 is 0. The Morgan fingerprint density at radius 3 is 3.04 bits per heavy atom. The molecule has 3 aromatic heterocycles. The van der Waals surface area contributed by atoms with Crippen LogP contribution in [0, 0.1) is 0 Å². The zero-order valence-electron chi connectivity index (χ0n) is 12.7. The van der Waals surface area contributed by atoms with Gasteiger partial charge >= 0.3 is 0 Å². The van der Waals surface area contributed by atoms with Gasteiger partial charge in [0.2, 0.25) is 0 Å². The summed E-state index contributed by atoms with van der Waals surface area (Å²) in [7, 11) is 0. The molecule has 1 amide bonds. The Morgan fingerprint density at radius 2 is 2.17 bits per heavy atom. The number of carbonyl (C=O) groups is 1. The molecular formula is C17H18N4O2. The number of hydrogen-bond donors (Lipinski definition) is 1. The number of carbonyl (C=O) groups excluding carboxylic acids is 1. The Labute approximate surface area is 133 Å². The van der Waals surface area contributed by atoms with E-state index in [4.69, 9.17) is 4.42 Å². The predicted octanol–water partition coefficient (Wildman–Crippen LogP) is 3.05. The molecule has 1 saturated carbocycles. The lowest BCUT2D eigenvalue weighted by molar-refractivity contribution is 0.0927. The first-order valence-electron chi connectivity index (χ1n) is 8.00. The second-order valence-electron chi connectivity index (χ2n) is 5.95. The number of nitrogens with zero attached hydrogens (tertiary/aromatic N) is 3. The van der Waals surface area contributed by atoms with Crippen LogP contribution < -0.4 is 5.32 Å². The Hall–Kier alpha value is -2.63. The molecule has 1 N–H and O–H groups in total. The molecule has 0 spiro atoms. The minimum atomic E-state index is -0.0753. The standard InChI is InChI=1S/C17H18N4O2/c22-17(20-13-5-2-1-3-6-13)12-9-15(23-11-12)14-10-18-16-7-4-8-19-21(14)16/h4,7-11,13H,1-3,5-6H2,(H,20,22). The first-order valence-corrected chi connectivity index (χ1v) is 8.00. The van der Waals surface area contributed by atoms with E-state index in [0.717, 1.165) is 24.2 Å². The average Bonchev–Trinajstić information content (AvgIpc) is 3.22. The van der Waals surface area contributed by atoms with Crippen LogP contribution in [-0.2, 0) is 0 Å². The van der Waals surface area contributed by atoms with Gasteiger partial charge in [0.05, 0.1) is 11.8 Å². The molecule has 0 aromatic carbocycles. The van der Waals surface area contributed by atoms with Crippen molar-refractivity contribution in [2.24, 2.45) is 0 Å². The number of aromatic nitrogens is 3. The van der Waals surface area contributed by atoms with Gasteiger partial charge in [-0.1, -0.05) is 19.3 Å². The van der Waals surface area contributed by atoms with Crippen molar-refractivity contribution in [3.05, 3.63) is 42.4 Å². The van der Waals surface area contributed by atoms with Crippen molar-refractivity contribution in [2.45, 2.75) is 38.1 Å². The fourth-order valence-electron chi connectivity index (χ4n) is 3.10. The van der Waals surface area contributed by atoms with E-state index in [1.807, 2.05) is 12.1 Å². The van der Waals surface area contributed by atoms with E-state index in [1.165, 1.54) is 25.5 Å². The van der Waals surface area contributed by atoms with Crippen molar-refractivity contribution < 1.29 is 9.21 Å². The highest BCUT2D eigenvalue weighted by Gasteiger charge is 2.19. The normalized spacial score (nSPS) is 15.8. The predicted molar refractivity (Wildman–Crippen MR) is 85.0 cm³/mol. The second-order valence-corrected chi connectivity index (χ2v) is 5.95. The van der Waals surface area contributed by atoms with Crippen molar-refractivity contribution in [3.8, 4) is 11.5 Å². The van der Waals surface area contributed by atoms with E-state index in [1.54, 1.807) is 23.0 Å². The van der Waals surface area contributed by atoms with Gasteiger partial charge in [-0.15, -0.1) is 0 Å². The first-order chi connectivity index (χ1) is 11.3. The van der Waals surface area contributed by atoms with Crippen LogP contribution in [0.4, 0.5) is 0 Å². The van der Waals surface area contributed by atoms with Crippen LogP contribution in [0.1, 0.15) is 42.5 Å². The van der Waals surface area contributed by atoms with Crippen molar-refractivity contribution in [1.82, 2.24) is 19.9 Å². The molecule has 1 aliphatic carbocycles. The molecule has 1 aliphatic rings. The molecule has 0 unspecified atom stereocenters. The molecule has 0 atom stereocenters. The van der Waals surface area contributed by atoms with Crippen molar-refractivity contribution in [1.29, 1.82) is 0 Å². The van der Waals surface area contributed by atoms with Gasteiger partial charge in [-0.2, -0.15) is 5.10 Å². The van der Waals surface area contributed by atoms with Gasteiger partial charge in [0, 0.05) is 12.2 Å². The van der Waals surface area contributed by atoms with Gasteiger partial charge in [0.15, 0.2) is 11.4 Å². The molecule has 1 fully saturated rings. The minimum absolute atomic E-state index is 0.0753. The van der Waals surface area contributed by atoms with E-state index in [-0.39, 0.29) is 11.9 Å². The van der Waals surface area contributed by atoms with Crippen molar-refractivity contribution in [2.75, 3.05) is 0 Å². The maximum Gasteiger partial charge on any atom is 0.254 e. The zero-order chi connectivity index (χ0) is 15.6. The van der Waals surface area contributed by atoms with Gasteiger partial charge in [-0.05, 0) is 31.0 Å². The van der Waals surface area contributed by atoms with Gasteiger partial charge < -0.3 is 9.73 Å². The summed E-state index contributed by atoms with van der Waals surface area (Å²) in [6.45, 7) is 0. The van der Waals surface area contributed by atoms with Gasteiger partial charge in [-0.25, -0.2) is 9.50 Å². The summed E-state index contributed by atoms with van der Waals surface area (Å²) in [6.07, 6.45) is 10.7. The smallest absolute Gasteiger partial charge is 0.254 e. The quantitative estimate of drug-likeness (QED) is 0.807. The van der Waals surface area contributed by atoms with Crippen LogP contribution >= 0.6 is 0 Å². The van der Waals surface area contributed by atoms with E-state index < -0.39 is 0 Å². The molecule has 23 heavy (non-hydrogen) atoms. The summed E-state index contributed by atoms with van der Waals surface area (Å²) in [6, 6.07) is 5.73.